The van der Waals surface area contributed by atoms with Gasteiger partial charge in [-0.1, -0.05) is 57.2 Å². The van der Waals surface area contributed by atoms with Crippen molar-refractivity contribution >= 4 is 49.0 Å². The van der Waals surface area contributed by atoms with E-state index in [1.807, 2.05) is 6.20 Å². The number of aromatic nitrogens is 2. The van der Waals surface area contributed by atoms with Gasteiger partial charge in [0.15, 0.2) is 0 Å². The van der Waals surface area contributed by atoms with Gasteiger partial charge in [-0.3, -0.25) is 4.98 Å². The summed E-state index contributed by atoms with van der Waals surface area (Å²) in [5.74, 6) is 0. The number of nitrogens with zero attached hydrogens (tertiary/aromatic N) is 2. The van der Waals surface area contributed by atoms with Gasteiger partial charge in [0, 0.05) is 27.7 Å². The molecule has 27 heavy (non-hydrogen) atoms. The van der Waals surface area contributed by atoms with Crippen molar-refractivity contribution in [2.45, 2.75) is 26.2 Å². The monoisotopic (exact) mass is 348 g/mol. The molecule has 130 valence electrons. The molecule has 0 fully saturated rings. The van der Waals surface area contributed by atoms with Crippen LogP contribution in [0.5, 0.6) is 0 Å². The number of hydrogen-bond acceptors (Lipinski definition) is 1. The first kappa shape index (κ1) is 15.0. The van der Waals surface area contributed by atoms with E-state index < -0.39 is 0 Å². The number of hydrogen-bond donors (Lipinski definition) is 0. The predicted molar refractivity (Wildman–Crippen MR) is 115 cm³/mol. The normalized spacial score (nSPS) is 13.0. The first-order valence-electron chi connectivity index (χ1n) is 9.51. The van der Waals surface area contributed by atoms with Crippen molar-refractivity contribution in [3.8, 4) is 0 Å². The highest BCUT2D eigenvalue weighted by molar-refractivity contribution is 6.28. The number of rotatable bonds is 0. The summed E-state index contributed by atoms with van der Waals surface area (Å²) < 4.78 is 2.45. The third kappa shape index (κ3) is 1.78. The SMILES string of the molecule is CC(C)(C)c1cc2ccnc3c4ccccc4n4c5ccccc5c1c4c23. The maximum atomic E-state index is 4.81. The molecule has 3 aromatic heterocycles. The highest BCUT2D eigenvalue weighted by Gasteiger charge is 2.25. The lowest BCUT2D eigenvalue weighted by atomic mass is 9.82. The lowest BCUT2D eigenvalue weighted by Crippen LogP contribution is -2.12. The molecule has 0 radical (unpaired) electrons. The van der Waals surface area contributed by atoms with Crippen molar-refractivity contribution in [3.05, 3.63) is 72.4 Å². The van der Waals surface area contributed by atoms with Gasteiger partial charge in [-0.2, -0.15) is 0 Å². The molecule has 0 saturated heterocycles. The Hall–Kier alpha value is -3.13. The summed E-state index contributed by atoms with van der Waals surface area (Å²) in [5.41, 5.74) is 6.36. The molecule has 3 heterocycles. The van der Waals surface area contributed by atoms with Gasteiger partial charge >= 0.3 is 0 Å². The average molecular weight is 348 g/mol. The van der Waals surface area contributed by atoms with Crippen LogP contribution in [-0.4, -0.2) is 9.38 Å². The van der Waals surface area contributed by atoms with Crippen LogP contribution in [0.15, 0.2) is 66.9 Å². The van der Waals surface area contributed by atoms with E-state index in [1.54, 1.807) is 0 Å². The molecule has 0 bridgehead atoms. The van der Waals surface area contributed by atoms with E-state index in [0.29, 0.717) is 0 Å². The van der Waals surface area contributed by atoms with Crippen LogP contribution in [-0.2, 0) is 5.41 Å². The first-order chi connectivity index (χ1) is 13.1. The summed E-state index contributed by atoms with van der Waals surface area (Å²) in [5, 5.41) is 6.45. The minimum Gasteiger partial charge on any atom is -0.308 e. The van der Waals surface area contributed by atoms with Crippen LogP contribution in [0.1, 0.15) is 26.3 Å². The van der Waals surface area contributed by atoms with Crippen LogP contribution in [0.4, 0.5) is 0 Å². The zero-order chi connectivity index (χ0) is 18.3. The molecule has 2 heteroatoms. The number of pyridine rings is 2. The van der Waals surface area contributed by atoms with E-state index in [2.05, 4.69) is 85.8 Å². The number of benzene rings is 3. The third-order valence-corrected chi connectivity index (χ3v) is 5.87. The molecule has 0 aliphatic rings. The molecule has 0 N–H and O–H groups in total. The van der Waals surface area contributed by atoms with Gasteiger partial charge < -0.3 is 4.40 Å². The van der Waals surface area contributed by atoms with Crippen LogP contribution in [0.3, 0.4) is 0 Å². The van der Waals surface area contributed by atoms with Gasteiger partial charge in [0.1, 0.15) is 0 Å². The van der Waals surface area contributed by atoms with Gasteiger partial charge in [0.25, 0.3) is 0 Å². The van der Waals surface area contributed by atoms with Crippen molar-refractivity contribution in [2.75, 3.05) is 0 Å². The molecule has 2 nitrogen and oxygen atoms in total. The molecule has 6 rings (SSSR count). The molecule has 0 spiro atoms. The first-order valence-corrected chi connectivity index (χ1v) is 9.51. The zero-order valence-corrected chi connectivity index (χ0v) is 15.7. The fourth-order valence-electron chi connectivity index (χ4n) is 4.74. The second-order valence-corrected chi connectivity index (χ2v) is 8.53. The molecular weight excluding hydrogens is 328 g/mol. The van der Waals surface area contributed by atoms with E-state index in [4.69, 9.17) is 4.98 Å². The van der Waals surface area contributed by atoms with E-state index in [-0.39, 0.29) is 5.41 Å². The summed E-state index contributed by atoms with van der Waals surface area (Å²) in [6.07, 6.45) is 1.95. The summed E-state index contributed by atoms with van der Waals surface area (Å²) >= 11 is 0. The lowest BCUT2D eigenvalue weighted by Gasteiger charge is -2.22. The Bertz CT molecular complexity index is 1500. The summed E-state index contributed by atoms with van der Waals surface area (Å²) in [6.45, 7) is 6.92. The number of para-hydroxylation sites is 2. The molecular formula is C25H20N2. The average Bonchev–Trinajstić information content (AvgIpc) is 3.02. The maximum Gasteiger partial charge on any atom is 0.0822 e. The molecule has 0 aliphatic heterocycles. The van der Waals surface area contributed by atoms with Gasteiger partial charge in [-0.15, -0.1) is 0 Å². The molecule has 0 aliphatic carbocycles. The van der Waals surface area contributed by atoms with E-state index in [1.165, 1.54) is 49.0 Å². The molecule has 6 aromatic rings. The highest BCUT2D eigenvalue weighted by atomic mass is 14.9. The van der Waals surface area contributed by atoms with Crippen LogP contribution in [0.2, 0.25) is 0 Å². The van der Waals surface area contributed by atoms with Gasteiger partial charge in [-0.05, 0) is 40.6 Å². The van der Waals surface area contributed by atoms with Crippen LogP contribution < -0.4 is 0 Å². The Morgan fingerprint density at radius 2 is 1.44 bits per heavy atom. The fourth-order valence-corrected chi connectivity index (χ4v) is 4.74. The second-order valence-electron chi connectivity index (χ2n) is 8.53. The summed E-state index contributed by atoms with van der Waals surface area (Å²) in [7, 11) is 0. The van der Waals surface area contributed by atoms with Crippen molar-refractivity contribution in [1.29, 1.82) is 0 Å². The number of fused-ring (bicyclic) bond motifs is 6. The van der Waals surface area contributed by atoms with Crippen molar-refractivity contribution in [2.24, 2.45) is 0 Å². The lowest BCUT2D eigenvalue weighted by molar-refractivity contribution is 0.597. The quantitative estimate of drug-likeness (QED) is 0.221. The Labute approximate surface area is 157 Å². The topological polar surface area (TPSA) is 17.3 Å². The van der Waals surface area contributed by atoms with Crippen LogP contribution in [0.25, 0.3) is 49.0 Å². The maximum absolute atomic E-state index is 4.81. The molecule has 0 atom stereocenters. The summed E-state index contributed by atoms with van der Waals surface area (Å²) in [6, 6.07) is 22.0. The van der Waals surface area contributed by atoms with Crippen molar-refractivity contribution in [1.82, 2.24) is 9.38 Å². The molecule has 0 unspecified atom stereocenters. The Balaban J connectivity index is 2.12. The Morgan fingerprint density at radius 1 is 0.778 bits per heavy atom. The van der Waals surface area contributed by atoms with Gasteiger partial charge in [-0.25, -0.2) is 0 Å². The molecule has 0 saturated carbocycles. The predicted octanol–water partition coefficient (Wildman–Crippen LogP) is 6.68. The smallest absolute Gasteiger partial charge is 0.0822 e. The van der Waals surface area contributed by atoms with Crippen LogP contribution >= 0.6 is 0 Å². The van der Waals surface area contributed by atoms with Gasteiger partial charge in [0.2, 0.25) is 0 Å². The largest absolute Gasteiger partial charge is 0.308 e. The fraction of sp³-hybridized carbons (Fsp3) is 0.160. The zero-order valence-electron chi connectivity index (χ0n) is 15.7. The van der Waals surface area contributed by atoms with E-state index in [0.717, 1.165) is 5.52 Å². The Kier molecular flexibility index (Phi) is 2.65. The second kappa shape index (κ2) is 4.77. The van der Waals surface area contributed by atoms with Crippen molar-refractivity contribution in [3.63, 3.8) is 0 Å². The minimum atomic E-state index is 0.0591. The summed E-state index contributed by atoms with van der Waals surface area (Å²) in [4.78, 5) is 4.81. The Morgan fingerprint density at radius 3 is 2.19 bits per heavy atom. The van der Waals surface area contributed by atoms with E-state index in [9.17, 15) is 0 Å². The molecule has 3 aromatic carbocycles. The standard InChI is InChI=1S/C25H20N2/c1-25(2,3)18-14-15-12-13-26-23-17-9-5-7-11-20(17)27-19-10-6-4-8-16(19)22(18)24(27)21(15)23/h4-14H,1-3H3. The van der Waals surface area contributed by atoms with Gasteiger partial charge in [0.05, 0.1) is 22.1 Å². The minimum absolute atomic E-state index is 0.0591. The van der Waals surface area contributed by atoms with Crippen LogP contribution in [0, 0.1) is 0 Å². The van der Waals surface area contributed by atoms with Crippen molar-refractivity contribution < 1.29 is 0 Å². The highest BCUT2D eigenvalue weighted by Crippen LogP contribution is 2.44. The van der Waals surface area contributed by atoms with E-state index >= 15 is 0 Å². The third-order valence-electron chi connectivity index (χ3n) is 5.87. The molecule has 0 amide bonds.